The van der Waals surface area contributed by atoms with Crippen LogP contribution in [0.1, 0.15) is 44.2 Å². The first-order valence-corrected chi connectivity index (χ1v) is 9.50. The van der Waals surface area contributed by atoms with Gasteiger partial charge < -0.3 is 15.5 Å². The predicted octanol–water partition coefficient (Wildman–Crippen LogP) is 4.48. The van der Waals surface area contributed by atoms with Gasteiger partial charge in [-0.2, -0.15) is 4.98 Å². The summed E-state index contributed by atoms with van der Waals surface area (Å²) in [4.78, 5) is 11.6. The van der Waals surface area contributed by atoms with Crippen molar-refractivity contribution in [2.24, 2.45) is 0 Å². The number of aromatic nitrogens is 2. The highest BCUT2D eigenvalue weighted by atomic mass is 15.2. The maximum absolute atomic E-state index is 4.65. The van der Waals surface area contributed by atoms with Crippen LogP contribution in [-0.4, -0.2) is 29.1 Å². The van der Waals surface area contributed by atoms with Crippen molar-refractivity contribution in [1.82, 2.24) is 9.97 Å². The number of anilines is 4. The fraction of sp³-hybridized carbons (Fsp3) is 0.500. The van der Waals surface area contributed by atoms with Gasteiger partial charge in [0.25, 0.3) is 0 Å². The topological polar surface area (TPSA) is 53.1 Å². The minimum absolute atomic E-state index is 0.557. The Kier molecular flexibility index (Phi) is 4.72. The third-order valence-electron chi connectivity index (χ3n) is 5.16. The summed E-state index contributed by atoms with van der Waals surface area (Å²) in [6, 6.07) is 11.2. The van der Waals surface area contributed by atoms with Crippen LogP contribution in [0.2, 0.25) is 0 Å². The van der Waals surface area contributed by atoms with Gasteiger partial charge in [0.15, 0.2) is 0 Å². The zero-order valence-corrected chi connectivity index (χ0v) is 15.0. The summed E-state index contributed by atoms with van der Waals surface area (Å²) in [5.41, 5.74) is 3.31. The summed E-state index contributed by atoms with van der Waals surface area (Å²) in [5.74, 6) is 1.59. The average molecular weight is 337 g/mol. The molecule has 0 bridgehead atoms. The maximum Gasteiger partial charge on any atom is 0.229 e. The Balaban J connectivity index is 1.45. The van der Waals surface area contributed by atoms with Gasteiger partial charge in [-0.1, -0.05) is 12.8 Å². The summed E-state index contributed by atoms with van der Waals surface area (Å²) in [6.07, 6.45) is 7.71. The van der Waals surface area contributed by atoms with Crippen molar-refractivity contribution >= 4 is 23.1 Å². The van der Waals surface area contributed by atoms with E-state index in [0.29, 0.717) is 12.0 Å². The van der Waals surface area contributed by atoms with E-state index in [0.717, 1.165) is 17.2 Å². The van der Waals surface area contributed by atoms with Gasteiger partial charge >= 0.3 is 0 Å². The van der Waals surface area contributed by atoms with E-state index in [1.165, 1.54) is 57.3 Å². The first-order valence-electron chi connectivity index (χ1n) is 9.50. The Morgan fingerprint density at radius 2 is 1.68 bits per heavy atom. The molecule has 0 unspecified atom stereocenters. The van der Waals surface area contributed by atoms with Crippen LogP contribution < -0.4 is 15.5 Å². The lowest BCUT2D eigenvalue weighted by atomic mass is 10.2. The molecule has 1 aromatic carbocycles. The van der Waals surface area contributed by atoms with Crippen LogP contribution in [0.4, 0.5) is 23.1 Å². The number of nitrogens with zero attached hydrogens (tertiary/aromatic N) is 3. The molecule has 1 aliphatic heterocycles. The molecule has 0 atom stereocenters. The molecule has 4 rings (SSSR count). The molecule has 2 N–H and O–H groups in total. The van der Waals surface area contributed by atoms with Crippen molar-refractivity contribution in [3.63, 3.8) is 0 Å². The maximum atomic E-state index is 4.65. The zero-order valence-electron chi connectivity index (χ0n) is 15.0. The molecule has 2 aliphatic rings. The van der Waals surface area contributed by atoms with Gasteiger partial charge in [-0.3, -0.25) is 0 Å². The summed E-state index contributed by atoms with van der Waals surface area (Å²) >= 11 is 0. The second kappa shape index (κ2) is 7.30. The van der Waals surface area contributed by atoms with Gasteiger partial charge in [-0.25, -0.2) is 4.98 Å². The van der Waals surface area contributed by atoms with Crippen LogP contribution in [0.15, 0.2) is 30.3 Å². The van der Waals surface area contributed by atoms with Crippen molar-refractivity contribution in [1.29, 1.82) is 0 Å². The van der Waals surface area contributed by atoms with Crippen LogP contribution in [0.5, 0.6) is 0 Å². The minimum atomic E-state index is 0.557. The number of nitrogens with one attached hydrogen (secondary N) is 2. The van der Waals surface area contributed by atoms with E-state index in [1.54, 1.807) is 0 Å². The molecule has 2 fully saturated rings. The molecule has 0 radical (unpaired) electrons. The van der Waals surface area contributed by atoms with Crippen LogP contribution in [-0.2, 0) is 0 Å². The van der Waals surface area contributed by atoms with E-state index in [2.05, 4.69) is 49.8 Å². The van der Waals surface area contributed by atoms with E-state index >= 15 is 0 Å². The fourth-order valence-electron chi connectivity index (χ4n) is 3.84. The second-order valence-corrected chi connectivity index (χ2v) is 7.21. The molecule has 0 spiro atoms. The highest BCUT2D eigenvalue weighted by Crippen LogP contribution is 2.25. The molecule has 5 heteroatoms. The van der Waals surface area contributed by atoms with Crippen LogP contribution in [0, 0.1) is 6.92 Å². The molecule has 1 saturated heterocycles. The van der Waals surface area contributed by atoms with Crippen LogP contribution in [0.25, 0.3) is 0 Å². The van der Waals surface area contributed by atoms with E-state index in [9.17, 15) is 0 Å². The van der Waals surface area contributed by atoms with Crippen molar-refractivity contribution in [3.8, 4) is 0 Å². The second-order valence-electron chi connectivity index (χ2n) is 7.21. The smallest absolute Gasteiger partial charge is 0.229 e. The SMILES string of the molecule is Cc1cc(NC2CCCC2)nc(Nc2ccc(N3CCCC3)cc2)n1. The molecular formula is C20H27N5. The molecule has 1 aliphatic carbocycles. The summed E-state index contributed by atoms with van der Waals surface area (Å²) in [6.45, 7) is 4.36. The van der Waals surface area contributed by atoms with Gasteiger partial charge in [-0.15, -0.1) is 0 Å². The number of hydrogen-bond donors (Lipinski definition) is 2. The first kappa shape index (κ1) is 16.2. The van der Waals surface area contributed by atoms with Gasteiger partial charge in [0.05, 0.1) is 0 Å². The molecule has 1 saturated carbocycles. The largest absolute Gasteiger partial charge is 0.372 e. The van der Waals surface area contributed by atoms with Gasteiger partial charge in [-0.05, 0) is 56.9 Å². The van der Waals surface area contributed by atoms with Crippen molar-refractivity contribution in [2.45, 2.75) is 51.5 Å². The standard InChI is InChI=1S/C20H27N5/c1-15-14-19(22-16-6-2-3-7-16)24-20(21-15)23-17-8-10-18(11-9-17)25-12-4-5-13-25/h8-11,14,16H,2-7,12-13H2,1H3,(H2,21,22,23,24). The van der Waals surface area contributed by atoms with E-state index in [4.69, 9.17) is 0 Å². The third-order valence-corrected chi connectivity index (χ3v) is 5.16. The van der Waals surface area contributed by atoms with Crippen molar-refractivity contribution < 1.29 is 0 Å². The van der Waals surface area contributed by atoms with E-state index in [-0.39, 0.29) is 0 Å². The lowest BCUT2D eigenvalue weighted by Gasteiger charge is -2.18. The first-order chi connectivity index (χ1) is 12.3. The van der Waals surface area contributed by atoms with Gasteiger partial charge in [0.2, 0.25) is 5.95 Å². The summed E-state index contributed by atoms with van der Waals surface area (Å²) < 4.78 is 0. The summed E-state index contributed by atoms with van der Waals surface area (Å²) in [7, 11) is 0. The zero-order chi connectivity index (χ0) is 17.1. The number of aryl methyl sites for hydroxylation is 1. The molecule has 0 amide bonds. The number of rotatable bonds is 5. The lowest BCUT2D eigenvalue weighted by molar-refractivity contribution is 0.749. The predicted molar refractivity (Wildman–Crippen MR) is 104 cm³/mol. The van der Waals surface area contributed by atoms with E-state index in [1.807, 2.05) is 13.0 Å². The Labute approximate surface area is 149 Å². The highest BCUT2D eigenvalue weighted by Gasteiger charge is 2.16. The number of benzene rings is 1. The summed E-state index contributed by atoms with van der Waals surface area (Å²) in [5, 5.41) is 6.90. The molecule has 25 heavy (non-hydrogen) atoms. The van der Waals surface area contributed by atoms with Crippen LogP contribution >= 0.6 is 0 Å². The number of hydrogen-bond acceptors (Lipinski definition) is 5. The monoisotopic (exact) mass is 337 g/mol. The highest BCUT2D eigenvalue weighted by molar-refractivity contribution is 5.60. The molecular weight excluding hydrogens is 310 g/mol. The van der Waals surface area contributed by atoms with Gasteiger partial charge in [0, 0.05) is 42.3 Å². The van der Waals surface area contributed by atoms with Crippen molar-refractivity contribution in [2.75, 3.05) is 28.6 Å². The minimum Gasteiger partial charge on any atom is -0.372 e. The van der Waals surface area contributed by atoms with Crippen molar-refractivity contribution in [3.05, 3.63) is 36.0 Å². The van der Waals surface area contributed by atoms with Gasteiger partial charge in [0.1, 0.15) is 5.82 Å². The Hall–Kier alpha value is -2.30. The molecule has 2 aromatic rings. The van der Waals surface area contributed by atoms with Crippen LogP contribution in [0.3, 0.4) is 0 Å². The molecule has 132 valence electrons. The molecule has 5 nitrogen and oxygen atoms in total. The lowest BCUT2D eigenvalue weighted by Crippen LogP contribution is -2.17. The molecule has 2 heterocycles. The van der Waals surface area contributed by atoms with E-state index < -0.39 is 0 Å². The quantitative estimate of drug-likeness (QED) is 0.842. The Bertz CT molecular complexity index is 701. The third kappa shape index (κ3) is 4.03. The Morgan fingerprint density at radius 1 is 0.960 bits per heavy atom. The molecule has 1 aromatic heterocycles. The fourth-order valence-corrected chi connectivity index (χ4v) is 3.84. The normalized spacial score (nSPS) is 17.9. The average Bonchev–Trinajstić information content (AvgIpc) is 3.28. The Morgan fingerprint density at radius 3 is 2.40 bits per heavy atom.